The molecule has 1 aromatic carbocycles. The summed E-state index contributed by atoms with van der Waals surface area (Å²) in [6, 6.07) is 7.58. The maximum absolute atomic E-state index is 12.7. The molecule has 26 heavy (non-hydrogen) atoms. The fraction of sp³-hybridized carbons (Fsp3) is 0.579. The first-order valence-electron chi connectivity index (χ1n) is 9.10. The standard InChI is InChI=1S/C19H26ClN3O2.ClH/c20-17-7-2-1-4-14(17)13-18(24)22-8-10-23(11-9-22)19(25)15-5-3-6-16(21)12-15;/h1-2,4,7,15-16H,3,5-6,8-13,21H2;1H. The largest absolute Gasteiger partial charge is 0.339 e. The first-order chi connectivity index (χ1) is 12.0. The number of hydrogen-bond acceptors (Lipinski definition) is 3. The molecule has 0 aromatic heterocycles. The minimum atomic E-state index is 0. The molecule has 144 valence electrons. The lowest BCUT2D eigenvalue weighted by atomic mass is 9.85. The highest BCUT2D eigenvalue weighted by Gasteiger charge is 2.31. The van der Waals surface area contributed by atoms with Crippen molar-refractivity contribution in [3.63, 3.8) is 0 Å². The number of hydrogen-bond donors (Lipinski definition) is 1. The molecule has 1 aliphatic carbocycles. The van der Waals surface area contributed by atoms with Gasteiger partial charge in [-0.15, -0.1) is 12.4 Å². The fourth-order valence-electron chi connectivity index (χ4n) is 3.80. The van der Waals surface area contributed by atoms with Gasteiger partial charge in [-0.25, -0.2) is 0 Å². The van der Waals surface area contributed by atoms with Crippen LogP contribution in [0.5, 0.6) is 0 Å². The predicted molar refractivity (Wildman–Crippen MR) is 105 cm³/mol. The average Bonchev–Trinajstić information content (AvgIpc) is 2.63. The third-order valence-electron chi connectivity index (χ3n) is 5.31. The Bertz CT molecular complexity index is 633. The van der Waals surface area contributed by atoms with Crippen LogP contribution in [0.4, 0.5) is 0 Å². The number of amides is 2. The van der Waals surface area contributed by atoms with Gasteiger partial charge in [0.25, 0.3) is 0 Å². The van der Waals surface area contributed by atoms with Crippen LogP contribution in [0.2, 0.25) is 5.02 Å². The minimum Gasteiger partial charge on any atom is -0.339 e. The normalized spacial score (nSPS) is 23.3. The SMILES string of the molecule is Cl.NC1CCCC(C(=O)N2CCN(C(=O)Cc3ccccc3Cl)CC2)C1. The number of carbonyl (C=O) groups excluding carboxylic acids is 2. The molecule has 1 aromatic rings. The van der Waals surface area contributed by atoms with Crippen molar-refractivity contribution in [2.75, 3.05) is 26.2 Å². The molecule has 1 heterocycles. The number of halogens is 2. The van der Waals surface area contributed by atoms with E-state index in [0.717, 1.165) is 31.2 Å². The monoisotopic (exact) mass is 399 g/mol. The van der Waals surface area contributed by atoms with Gasteiger partial charge in [-0.3, -0.25) is 9.59 Å². The van der Waals surface area contributed by atoms with Gasteiger partial charge in [0.05, 0.1) is 6.42 Å². The molecule has 3 rings (SSSR count). The van der Waals surface area contributed by atoms with Crippen molar-refractivity contribution in [2.45, 2.75) is 38.1 Å². The van der Waals surface area contributed by atoms with E-state index in [1.165, 1.54) is 0 Å². The number of carbonyl (C=O) groups is 2. The lowest BCUT2D eigenvalue weighted by Gasteiger charge is -2.38. The van der Waals surface area contributed by atoms with Gasteiger partial charge in [-0.1, -0.05) is 36.2 Å². The Morgan fingerprint density at radius 2 is 1.73 bits per heavy atom. The van der Waals surface area contributed by atoms with E-state index >= 15 is 0 Å². The second kappa shape index (κ2) is 9.58. The Kier molecular flexibility index (Phi) is 7.74. The van der Waals surface area contributed by atoms with Gasteiger partial charge in [0.2, 0.25) is 11.8 Å². The topological polar surface area (TPSA) is 66.6 Å². The van der Waals surface area contributed by atoms with Crippen molar-refractivity contribution >= 4 is 35.8 Å². The Morgan fingerprint density at radius 3 is 2.38 bits per heavy atom. The highest BCUT2D eigenvalue weighted by atomic mass is 35.5. The lowest BCUT2D eigenvalue weighted by Crippen LogP contribution is -2.53. The number of benzene rings is 1. The van der Waals surface area contributed by atoms with E-state index in [2.05, 4.69) is 0 Å². The maximum Gasteiger partial charge on any atom is 0.227 e. The van der Waals surface area contributed by atoms with Crippen LogP contribution in [0, 0.1) is 5.92 Å². The Hall–Kier alpha value is -1.30. The van der Waals surface area contributed by atoms with Crippen LogP contribution in [-0.4, -0.2) is 53.8 Å². The molecule has 0 spiro atoms. The number of nitrogens with two attached hydrogens (primary N) is 1. The number of rotatable bonds is 3. The summed E-state index contributed by atoms with van der Waals surface area (Å²) < 4.78 is 0. The Labute approximate surface area is 166 Å². The minimum absolute atomic E-state index is 0. The molecule has 5 nitrogen and oxygen atoms in total. The molecule has 2 amide bonds. The van der Waals surface area contributed by atoms with Gasteiger partial charge in [0.1, 0.15) is 0 Å². The summed E-state index contributed by atoms with van der Waals surface area (Å²) in [7, 11) is 0. The van der Waals surface area contributed by atoms with Gasteiger partial charge < -0.3 is 15.5 Å². The number of piperazine rings is 1. The molecule has 1 saturated heterocycles. The van der Waals surface area contributed by atoms with Crippen molar-refractivity contribution in [3.05, 3.63) is 34.9 Å². The second-order valence-corrected chi connectivity index (χ2v) is 7.51. The molecule has 2 fully saturated rings. The number of nitrogens with zero attached hydrogens (tertiary/aromatic N) is 2. The molecule has 2 atom stereocenters. The summed E-state index contributed by atoms with van der Waals surface area (Å²) in [6.07, 6.45) is 4.11. The summed E-state index contributed by atoms with van der Waals surface area (Å²) in [4.78, 5) is 28.9. The van der Waals surface area contributed by atoms with Crippen molar-refractivity contribution in [1.82, 2.24) is 9.80 Å². The summed E-state index contributed by atoms with van der Waals surface area (Å²) in [5.41, 5.74) is 6.86. The van der Waals surface area contributed by atoms with Crippen LogP contribution in [-0.2, 0) is 16.0 Å². The van der Waals surface area contributed by atoms with E-state index in [-0.39, 0.29) is 36.2 Å². The Morgan fingerprint density at radius 1 is 1.08 bits per heavy atom. The molecule has 0 radical (unpaired) electrons. The molecular formula is C19H27Cl2N3O2. The van der Waals surface area contributed by atoms with Gasteiger partial charge in [-0.05, 0) is 30.9 Å². The predicted octanol–water partition coefficient (Wildman–Crippen LogP) is 2.49. The third kappa shape index (κ3) is 5.12. The van der Waals surface area contributed by atoms with Crippen molar-refractivity contribution < 1.29 is 9.59 Å². The molecular weight excluding hydrogens is 373 g/mol. The van der Waals surface area contributed by atoms with E-state index in [4.69, 9.17) is 17.3 Å². The van der Waals surface area contributed by atoms with Crippen molar-refractivity contribution in [1.29, 1.82) is 0 Å². The van der Waals surface area contributed by atoms with Crippen molar-refractivity contribution in [2.24, 2.45) is 11.7 Å². The van der Waals surface area contributed by atoms with Gasteiger partial charge in [-0.2, -0.15) is 0 Å². The quantitative estimate of drug-likeness (QED) is 0.848. The molecule has 2 aliphatic rings. The molecule has 2 N–H and O–H groups in total. The fourth-order valence-corrected chi connectivity index (χ4v) is 4.01. The first-order valence-corrected chi connectivity index (χ1v) is 9.48. The summed E-state index contributed by atoms with van der Waals surface area (Å²) in [6.45, 7) is 2.40. The van der Waals surface area contributed by atoms with Crippen LogP contribution in [0.1, 0.15) is 31.2 Å². The zero-order valence-corrected chi connectivity index (χ0v) is 16.5. The van der Waals surface area contributed by atoms with E-state index in [0.29, 0.717) is 37.6 Å². The van der Waals surface area contributed by atoms with Crippen LogP contribution in [0.3, 0.4) is 0 Å². The van der Waals surface area contributed by atoms with Crippen LogP contribution >= 0.6 is 24.0 Å². The van der Waals surface area contributed by atoms with Crippen LogP contribution < -0.4 is 5.73 Å². The molecule has 1 aliphatic heterocycles. The molecule has 7 heteroatoms. The van der Waals surface area contributed by atoms with E-state index < -0.39 is 0 Å². The third-order valence-corrected chi connectivity index (χ3v) is 5.68. The molecule has 0 bridgehead atoms. The first kappa shape index (κ1) is 21.0. The maximum atomic E-state index is 12.7. The average molecular weight is 400 g/mol. The smallest absolute Gasteiger partial charge is 0.227 e. The summed E-state index contributed by atoms with van der Waals surface area (Å²) >= 11 is 6.14. The molecule has 1 saturated carbocycles. The summed E-state index contributed by atoms with van der Waals surface area (Å²) in [5.74, 6) is 0.349. The lowest BCUT2D eigenvalue weighted by molar-refractivity contribution is -0.142. The molecule has 2 unspecified atom stereocenters. The zero-order chi connectivity index (χ0) is 17.8. The second-order valence-electron chi connectivity index (χ2n) is 7.10. The summed E-state index contributed by atoms with van der Waals surface area (Å²) in [5, 5.41) is 0.623. The highest BCUT2D eigenvalue weighted by molar-refractivity contribution is 6.31. The van der Waals surface area contributed by atoms with E-state index in [1.54, 1.807) is 6.07 Å². The highest BCUT2D eigenvalue weighted by Crippen LogP contribution is 2.25. The zero-order valence-electron chi connectivity index (χ0n) is 14.9. The van der Waals surface area contributed by atoms with Crippen LogP contribution in [0.25, 0.3) is 0 Å². The van der Waals surface area contributed by atoms with E-state index in [1.807, 2.05) is 28.0 Å². The van der Waals surface area contributed by atoms with Gasteiger partial charge in [0.15, 0.2) is 0 Å². The van der Waals surface area contributed by atoms with E-state index in [9.17, 15) is 9.59 Å². The van der Waals surface area contributed by atoms with Gasteiger partial charge in [0, 0.05) is 43.2 Å². The van der Waals surface area contributed by atoms with Crippen molar-refractivity contribution in [3.8, 4) is 0 Å². The van der Waals surface area contributed by atoms with Gasteiger partial charge >= 0.3 is 0 Å². The Balaban J connectivity index is 0.00000243. The van der Waals surface area contributed by atoms with Crippen LogP contribution in [0.15, 0.2) is 24.3 Å².